The van der Waals surface area contributed by atoms with Crippen molar-refractivity contribution in [1.29, 1.82) is 0 Å². The molecule has 43 heavy (non-hydrogen) atoms. The molecule has 1 atom stereocenters. The molecule has 0 bridgehead atoms. The number of nitrogens with one attached hydrogen (secondary N) is 1. The number of nitrogens with zero attached hydrogens (tertiary/aromatic N) is 3. The Labute approximate surface area is 251 Å². The third-order valence-corrected chi connectivity index (χ3v) is 8.77. The summed E-state index contributed by atoms with van der Waals surface area (Å²) in [6.45, 7) is 8.74. The minimum atomic E-state index is -0.254. The lowest BCUT2D eigenvalue weighted by Crippen LogP contribution is -2.48. The normalized spacial score (nSPS) is 15.5. The van der Waals surface area contributed by atoms with E-state index in [2.05, 4.69) is 31.0 Å². The van der Waals surface area contributed by atoms with Crippen LogP contribution < -0.4 is 5.32 Å². The van der Waals surface area contributed by atoms with Gasteiger partial charge in [-0.15, -0.1) is 0 Å². The number of imide groups is 2. The van der Waals surface area contributed by atoms with Crippen molar-refractivity contribution in [2.75, 3.05) is 32.7 Å². The SMILES string of the molecule is CC(C)N(CCN1C(=O)c2cccc3cccc(c23)C1=O)C(C)CCNCCN1C(=O)c2cccc3cccc(c23)C1=O. The van der Waals surface area contributed by atoms with E-state index in [0.717, 1.165) is 28.0 Å². The minimum Gasteiger partial charge on any atom is -0.315 e. The summed E-state index contributed by atoms with van der Waals surface area (Å²) in [6, 6.07) is 22.7. The van der Waals surface area contributed by atoms with Crippen molar-refractivity contribution in [3.05, 3.63) is 95.1 Å². The Morgan fingerprint density at radius 2 is 1.02 bits per heavy atom. The number of hydrogen-bond donors (Lipinski definition) is 1. The van der Waals surface area contributed by atoms with Crippen LogP contribution in [0.1, 0.15) is 68.6 Å². The Bertz CT molecular complexity index is 1660. The Balaban J connectivity index is 1.03. The number of amides is 4. The van der Waals surface area contributed by atoms with E-state index in [1.165, 1.54) is 9.80 Å². The van der Waals surface area contributed by atoms with Crippen molar-refractivity contribution in [2.24, 2.45) is 0 Å². The standard InChI is InChI=1S/C35H36N4O4/c1-22(2)37(20-21-39-34(42)28-14-6-10-25-11-7-15-29(31(25)28)35(39)43)23(3)16-17-36-18-19-38-32(40)26-12-4-8-24-9-5-13-27(30(24)26)33(38)41/h4-15,22-23,36H,16-21H2,1-3H3. The third-order valence-electron chi connectivity index (χ3n) is 8.77. The Hall–Kier alpha value is -4.40. The summed E-state index contributed by atoms with van der Waals surface area (Å²) >= 11 is 0. The lowest BCUT2D eigenvalue weighted by molar-refractivity contribution is 0.0562. The van der Waals surface area contributed by atoms with Gasteiger partial charge in [-0.05, 0) is 68.8 Å². The molecule has 0 saturated carbocycles. The highest BCUT2D eigenvalue weighted by Crippen LogP contribution is 2.31. The maximum Gasteiger partial charge on any atom is 0.261 e. The molecular formula is C35H36N4O4. The number of carbonyl (C=O) groups excluding carboxylic acids is 4. The van der Waals surface area contributed by atoms with Gasteiger partial charge in [-0.1, -0.05) is 48.5 Å². The van der Waals surface area contributed by atoms with Gasteiger partial charge < -0.3 is 5.32 Å². The Morgan fingerprint density at radius 1 is 0.605 bits per heavy atom. The zero-order chi connectivity index (χ0) is 30.2. The molecule has 0 fully saturated rings. The van der Waals surface area contributed by atoms with Crippen molar-refractivity contribution in [1.82, 2.24) is 20.0 Å². The van der Waals surface area contributed by atoms with Crippen molar-refractivity contribution in [3.63, 3.8) is 0 Å². The van der Waals surface area contributed by atoms with Crippen LogP contribution in [0.15, 0.2) is 72.8 Å². The van der Waals surface area contributed by atoms with Gasteiger partial charge in [0.1, 0.15) is 0 Å². The molecule has 0 saturated heterocycles. The average Bonchev–Trinajstić information content (AvgIpc) is 3.01. The summed E-state index contributed by atoms with van der Waals surface area (Å²) in [5.74, 6) is -0.992. The molecule has 8 nitrogen and oxygen atoms in total. The molecule has 1 N–H and O–H groups in total. The summed E-state index contributed by atoms with van der Waals surface area (Å²) in [5, 5.41) is 6.67. The van der Waals surface area contributed by atoms with Crippen LogP contribution in [0.25, 0.3) is 21.5 Å². The highest BCUT2D eigenvalue weighted by molar-refractivity contribution is 6.26. The zero-order valence-corrected chi connectivity index (χ0v) is 24.8. The second-order valence-electron chi connectivity index (χ2n) is 11.7. The topological polar surface area (TPSA) is 90.0 Å². The summed E-state index contributed by atoms with van der Waals surface area (Å²) in [7, 11) is 0. The number of rotatable bonds is 11. The van der Waals surface area contributed by atoms with Gasteiger partial charge >= 0.3 is 0 Å². The average molecular weight is 577 g/mol. The van der Waals surface area contributed by atoms with Crippen LogP contribution in [0, 0.1) is 0 Å². The molecule has 8 heteroatoms. The van der Waals surface area contributed by atoms with E-state index < -0.39 is 0 Å². The maximum atomic E-state index is 13.3. The van der Waals surface area contributed by atoms with Crippen LogP contribution in [0.4, 0.5) is 0 Å². The molecule has 2 heterocycles. The van der Waals surface area contributed by atoms with Gasteiger partial charge in [0.05, 0.1) is 0 Å². The molecular weight excluding hydrogens is 540 g/mol. The van der Waals surface area contributed by atoms with E-state index >= 15 is 0 Å². The molecule has 4 aromatic carbocycles. The fourth-order valence-corrected chi connectivity index (χ4v) is 6.56. The summed E-state index contributed by atoms with van der Waals surface area (Å²) in [6.07, 6.45) is 0.826. The van der Waals surface area contributed by atoms with E-state index in [1.54, 1.807) is 24.3 Å². The van der Waals surface area contributed by atoms with Crippen molar-refractivity contribution in [2.45, 2.75) is 39.3 Å². The number of hydrogen-bond acceptors (Lipinski definition) is 6. The van der Waals surface area contributed by atoms with Crippen LogP contribution in [-0.4, -0.2) is 83.1 Å². The van der Waals surface area contributed by atoms with Crippen LogP contribution in [0.3, 0.4) is 0 Å². The summed E-state index contributed by atoms with van der Waals surface area (Å²) in [4.78, 5) is 58.0. The first kappa shape index (κ1) is 28.7. The molecule has 4 aromatic rings. The van der Waals surface area contributed by atoms with Crippen molar-refractivity contribution >= 4 is 45.2 Å². The predicted molar refractivity (Wildman–Crippen MR) is 167 cm³/mol. The maximum absolute atomic E-state index is 13.3. The second-order valence-corrected chi connectivity index (χ2v) is 11.7. The highest BCUT2D eigenvalue weighted by Gasteiger charge is 2.34. The molecule has 0 radical (unpaired) electrons. The molecule has 2 aliphatic heterocycles. The van der Waals surface area contributed by atoms with Crippen LogP contribution >= 0.6 is 0 Å². The van der Waals surface area contributed by atoms with Gasteiger partial charge in [0.25, 0.3) is 23.6 Å². The van der Waals surface area contributed by atoms with Gasteiger partial charge in [0.2, 0.25) is 0 Å². The van der Waals surface area contributed by atoms with Crippen molar-refractivity contribution in [3.8, 4) is 0 Å². The smallest absolute Gasteiger partial charge is 0.261 e. The minimum absolute atomic E-state index is 0.181. The first-order chi connectivity index (χ1) is 20.8. The van der Waals surface area contributed by atoms with Gasteiger partial charge in [0.15, 0.2) is 0 Å². The molecule has 0 spiro atoms. The fourth-order valence-electron chi connectivity index (χ4n) is 6.56. The zero-order valence-electron chi connectivity index (χ0n) is 24.8. The number of benzene rings is 4. The molecule has 4 amide bonds. The van der Waals surface area contributed by atoms with Crippen LogP contribution in [-0.2, 0) is 0 Å². The van der Waals surface area contributed by atoms with Crippen LogP contribution in [0.2, 0.25) is 0 Å². The van der Waals surface area contributed by atoms with Crippen molar-refractivity contribution < 1.29 is 19.2 Å². The molecule has 0 aromatic heterocycles. The van der Waals surface area contributed by atoms with Gasteiger partial charge in [-0.2, -0.15) is 0 Å². The monoisotopic (exact) mass is 576 g/mol. The quantitative estimate of drug-likeness (QED) is 0.201. The Kier molecular flexibility index (Phi) is 7.81. The van der Waals surface area contributed by atoms with E-state index in [4.69, 9.17) is 0 Å². The van der Waals surface area contributed by atoms with E-state index in [0.29, 0.717) is 48.4 Å². The summed E-state index contributed by atoms with van der Waals surface area (Å²) < 4.78 is 0. The van der Waals surface area contributed by atoms with E-state index in [1.807, 2.05) is 48.5 Å². The molecule has 6 rings (SSSR count). The fraction of sp³-hybridized carbons (Fsp3) is 0.314. The van der Waals surface area contributed by atoms with Gasteiger partial charge in [-0.25, -0.2) is 0 Å². The molecule has 2 aliphatic rings. The predicted octanol–water partition coefficient (Wildman–Crippen LogP) is 4.96. The third kappa shape index (κ3) is 5.11. The highest BCUT2D eigenvalue weighted by atomic mass is 16.2. The van der Waals surface area contributed by atoms with E-state index in [-0.39, 0.29) is 42.3 Å². The first-order valence-electron chi connectivity index (χ1n) is 15.0. The van der Waals surface area contributed by atoms with Gasteiger partial charge in [0, 0.05) is 71.3 Å². The van der Waals surface area contributed by atoms with E-state index in [9.17, 15) is 19.2 Å². The van der Waals surface area contributed by atoms with Crippen LogP contribution in [0.5, 0.6) is 0 Å². The lowest BCUT2D eigenvalue weighted by atomic mass is 9.94. The second kappa shape index (κ2) is 11.7. The molecule has 220 valence electrons. The molecule has 0 aliphatic carbocycles. The van der Waals surface area contributed by atoms with Gasteiger partial charge in [-0.3, -0.25) is 33.9 Å². The number of carbonyl (C=O) groups is 4. The first-order valence-corrected chi connectivity index (χ1v) is 15.0. The summed E-state index contributed by atoms with van der Waals surface area (Å²) in [5.41, 5.74) is 2.29. The largest absolute Gasteiger partial charge is 0.315 e. The molecule has 1 unspecified atom stereocenters. The Morgan fingerprint density at radius 3 is 1.44 bits per heavy atom. The lowest BCUT2D eigenvalue weighted by Gasteiger charge is -2.35.